The second-order valence-electron chi connectivity index (χ2n) is 5.93. The molecule has 4 nitrogen and oxygen atoms in total. The Morgan fingerprint density at radius 2 is 2.00 bits per heavy atom. The van der Waals surface area contributed by atoms with Crippen molar-refractivity contribution in [3.05, 3.63) is 77.7 Å². The van der Waals surface area contributed by atoms with E-state index >= 15 is 0 Å². The lowest BCUT2D eigenvalue weighted by Crippen LogP contribution is -2.03. The zero-order valence-electron chi connectivity index (χ0n) is 15.0. The van der Waals surface area contributed by atoms with Crippen LogP contribution in [0.2, 0.25) is 0 Å². The Labute approximate surface area is 152 Å². The van der Waals surface area contributed by atoms with Crippen molar-refractivity contribution in [1.29, 1.82) is 0 Å². The van der Waals surface area contributed by atoms with E-state index in [0.29, 0.717) is 11.3 Å². The summed E-state index contributed by atoms with van der Waals surface area (Å²) in [6, 6.07) is 5.48. The number of nitrogens with zero attached hydrogens (tertiary/aromatic N) is 4. The van der Waals surface area contributed by atoms with E-state index < -0.39 is 5.82 Å². The fourth-order valence-electron chi connectivity index (χ4n) is 2.53. The molecule has 3 heterocycles. The molecule has 0 spiro atoms. The Morgan fingerprint density at radius 1 is 1.19 bits per heavy atom. The van der Waals surface area contributed by atoms with Crippen LogP contribution in [0.15, 0.2) is 43.4 Å². The van der Waals surface area contributed by atoms with Gasteiger partial charge in [0, 0.05) is 11.9 Å². The van der Waals surface area contributed by atoms with Gasteiger partial charge in [-0.05, 0) is 50.0 Å². The van der Waals surface area contributed by atoms with E-state index in [9.17, 15) is 4.39 Å². The molecule has 130 valence electrons. The van der Waals surface area contributed by atoms with Crippen molar-refractivity contribution in [3.63, 3.8) is 0 Å². The third kappa shape index (κ3) is 3.40. The predicted octanol–water partition coefficient (Wildman–Crippen LogP) is 4.24. The molecular weight excluding hydrogens is 327 g/mol. The van der Waals surface area contributed by atoms with Crippen LogP contribution in [-0.4, -0.2) is 19.5 Å². The van der Waals surface area contributed by atoms with E-state index in [0.717, 1.165) is 41.1 Å². The minimum absolute atomic E-state index is 0.293. The highest BCUT2D eigenvalue weighted by Crippen LogP contribution is 2.23. The quantitative estimate of drug-likeness (QED) is 0.666. The van der Waals surface area contributed by atoms with Crippen LogP contribution >= 0.6 is 0 Å². The van der Waals surface area contributed by atoms with Crippen LogP contribution in [0.1, 0.15) is 41.8 Å². The van der Waals surface area contributed by atoms with E-state index in [4.69, 9.17) is 0 Å². The van der Waals surface area contributed by atoms with E-state index in [2.05, 4.69) is 33.4 Å². The van der Waals surface area contributed by atoms with Crippen LogP contribution in [0, 0.1) is 31.5 Å². The van der Waals surface area contributed by atoms with Crippen LogP contribution in [0.5, 0.6) is 0 Å². The summed E-state index contributed by atoms with van der Waals surface area (Å²) in [6.07, 6.45) is 5.23. The van der Waals surface area contributed by atoms with Gasteiger partial charge in [-0.3, -0.25) is 14.5 Å². The van der Waals surface area contributed by atoms with E-state index in [1.165, 1.54) is 6.20 Å². The van der Waals surface area contributed by atoms with Gasteiger partial charge < -0.3 is 0 Å². The molecule has 0 aliphatic rings. The van der Waals surface area contributed by atoms with Gasteiger partial charge in [0.25, 0.3) is 0 Å². The second-order valence-corrected chi connectivity index (χ2v) is 5.93. The van der Waals surface area contributed by atoms with E-state index in [1.54, 1.807) is 12.3 Å². The number of aromatic nitrogens is 4. The zero-order valence-corrected chi connectivity index (χ0v) is 15.0. The topological polar surface area (TPSA) is 43.6 Å². The average molecular weight is 346 g/mol. The summed E-state index contributed by atoms with van der Waals surface area (Å²) < 4.78 is 15.7. The zero-order chi connectivity index (χ0) is 18.7. The van der Waals surface area contributed by atoms with Crippen molar-refractivity contribution >= 4 is 5.57 Å². The summed E-state index contributed by atoms with van der Waals surface area (Å²) in [6.45, 7) is 10.0. The molecule has 0 radical (unpaired) electrons. The summed E-state index contributed by atoms with van der Waals surface area (Å²) >= 11 is 0. The molecule has 0 fully saturated rings. The molecule has 0 saturated heterocycles. The molecule has 0 aliphatic carbocycles. The van der Waals surface area contributed by atoms with Gasteiger partial charge in [0.15, 0.2) is 5.82 Å². The van der Waals surface area contributed by atoms with Gasteiger partial charge in [0.2, 0.25) is 0 Å². The summed E-state index contributed by atoms with van der Waals surface area (Å²) in [5.74, 6) is 6.12. The van der Waals surface area contributed by atoms with Gasteiger partial charge in [-0.15, -0.1) is 0 Å². The maximum absolute atomic E-state index is 13.7. The van der Waals surface area contributed by atoms with E-state index in [1.807, 2.05) is 37.5 Å². The Kier molecular flexibility index (Phi) is 4.94. The van der Waals surface area contributed by atoms with Gasteiger partial charge in [-0.25, -0.2) is 9.37 Å². The molecule has 0 atom stereocenters. The largest absolute Gasteiger partial charge is 0.294 e. The Morgan fingerprint density at radius 3 is 2.65 bits per heavy atom. The first-order valence-corrected chi connectivity index (χ1v) is 8.33. The smallest absolute Gasteiger partial charge is 0.157 e. The fourth-order valence-corrected chi connectivity index (χ4v) is 2.53. The first-order valence-electron chi connectivity index (χ1n) is 8.33. The predicted molar refractivity (Wildman–Crippen MR) is 100 cm³/mol. The number of rotatable bonds is 3. The molecule has 3 aromatic rings. The number of halogens is 1. The normalized spacial score (nSPS) is 10.3. The molecule has 5 heteroatoms. The first-order chi connectivity index (χ1) is 12.5. The van der Waals surface area contributed by atoms with Crippen LogP contribution in [0.3, 0.4) is 0 Å². The lowest BCUT2D eigenvalue weighted by molar-refractivity contribution is 0.618. The minimum Gasteiger partial charge on any atom is -0.294 e. The van der Waals surface area contributed by atoms with Crippen molar-refractivity contribution in [2.75, 3.05) is 0 Å². The number of hydrogen-bond acceptors (Lipinski definition) is 3. The molecule has 3 rings (SSSR count). The summed E-state index contributed by atoms with van der Waals surface area (Å²) in [5, 5.41) is 0. The molecular formula is C21H19FN4. The monoisotopic (exact) mass is 346 g/mol. The SMILES string of the molecule is C=C(CC)c1nc(C#Cc2ccncc2F)c(C)n1-c1ccc(C)nc1. The molecule has 0 amide bonds. The number of allylic oxidation sites excluding steroid dienone is 1. The molecule has 0 aromatic carbocycles. The number of imidazole rings is 1. The van der Waals surface area contributed by atoms with Crippen LogP contribution in [0.25, 0.3) is 11.3 Å². The summed E-state index contributed by atoms with van der Waals surface area (Å²) in [7, 11) is 0. The van der Waals surface area contributed by atoms with Crippen molar-refractivity contribution in [2.24, 2.45) is 0 Å². The van der Waals surface area contributed by atoms with Gasteiger partial charge in [-0.2, -0.15) is 0 Å². The molecule has 0 N–H and O–H groups in total. The third-order valence-electron chi connectivity index (χ3n) is 4.09. The maximum Gasteiger partial charge on any atom is 0.157 e. The Hall–Kier alpha value is -3.26. The van der Waals surface area contributed by atoms with Crippen molar-refractivity contribution in [3.8, 4) is 17.5 Å². The van der Waals surface area contributed by atoms with Gasteiger partial charge in [-0.1, -0.05) is 19.4 Å². The standard InChI is InChI=1S/C21H19FN4/c1-5-14(2)21-25-20(9-7-17-10-11-23-13-19(17)22)16(4)26(21)18-8-6-15(3)24-12-18/h6,8,10-13H,2,5H2,1,3-4H3. The maximum atomic E-state index is 13.7. The highest BCUT2D eigenvalue weighted by atomic mass is 19.1. The molecule has 0 aliphatic heterocycles. The molecule has 0 saturated carbocycles. The van der Waals surface area contributed by atoms with Crippen molar-refractivity contribution < 1.29 is 4.39 Å². The lowest BCUT2D eigenvalue weighted by Gasteiger charge is -2.10. The van der Waals surface area contributed by atoms with E-state index in [-0.39, 0.29) is 0 Å². The minimum atomic E-state index is -0.446. The molecule has 26 heavy (non-hydrogen) atoms. The van der Waals surface area contributed by atoms with Crippen molar-refractivity contribution in [2.45, 2.75) is 27.2 Å². The molecule has 0 unspecified atom stereocenters. The third-order valence-corrected chi connectivity index (χ3v) is 4.09. The summed E-state index contributed by atoms with van der Waals surface area (Å²) in [4.78, 5) is 12.8. The highest BCUT2D eigenvalue weighted by Gasteiger charge is 2.16. The highest BCUT2D eigenvalue weighted by molar-refractivity contribution is 5.62. The number of hydrogen-bond donors (Lipinski definition) is 0. The first kappa shape index (κ1) is 17.6. The molecule has 3 aromatic heterocycles. The average Bonchev–Trinajstić information content (AvgIpc) is 2.97. The Balaban J connectivity index is 2.13. The van der Waals surface area contributed by atoms with Crippen LogP contribution in [0.4, 0.5) is 4.39 Å². The molecule has 0 bridgehead atoms. The number of aryl methyl sites for hydroxylation is 1. The fraction of sp³-hybridized carbons (Fsp3) is 0.190. The van der Waals surface area contributed by atoms with Crippen LogP contribution < -0.4 is 0 Å². The van der Waals surface area contributed by atoms with Crippen LogP contribution in [-0.2, 0) is 0 Å². The second kappa shape index (κ2) is 7.32. The Bertz CT molecular complexity index is 1020. The number of pyridine rings is 2. The van der Waals surface area contributed by atoms with Gasteiger partial charge in [0.05, 0.1) is 29.3 Å². The van der Waals surface area contributed by atoms with Crippen molar-refractivity contribution in [1.82, 2.24) is 19.5 Å². The summed E-state index contributed by atoms with van der Waals surface area (Å²) in [5.41, 5.74) is 4.48. The lowest BCUT2D eigenvalue weighted by atomic mass is 10.2. The van der Waals surface area contributed by atoms with Gasteiger partial charge >= 0.3 is 0 Å². The van der Waals surface area contributed by atoms with Gasteiger partial charge in [0.1, 0.15) is 11.5 Å².